The molecule has 0 aliphatic carbocycles. The summed E-state index contributed by atoms with van der Waals surface area (Å²) in [6.45, 7) is 5.46. The van der Waals surface area contributed by atoms with E-state index in [4.69, 9.17) is 4.42 Å². The van der Waals surface area contributed by atoms with Gasteiger partial charge in [-0.3, -0.25) is 4.79 Å². The Labute approximate surface area is 231 Å². The maximum atomic E-state index is 13.6. The Hall–Kier alpha value is -3.42. The molecule has 1 amide bonds. The molecule has 1 aliphatic heterocycles. The third kappa shape index (κ3) is 7.61. The summed E-state index contributed by atoms with van der Waals surface area (Å²) < 4.78 is 85.7. The van der Waals surface area contributed by atoms with Crippen LogP contribution in [0, 0.1) is 5.92 Å². The molecule has 2 aromatic heterocycles. The van der Waals surface area contributed by atoms with Crippen molar-refractivity contribution in [1.82, 2.24) is 15.3 Å². The zero-order chi connectivity index (χ0) is 29.1. The highest BCUT2D eigenvalue weighted by molar-refractivity contribution is 7.98. The summed E-state index contributed by atoms with van der Waals surface area (Å²) in [6.07, 6.45) is -9.18. The Bertz CT molecular complexity index is 1320. The first-order valence-corrected chi connectivity index (χ1v) is 13.4. The average molecular weight is 588 g/mol. The number of amides is 1. The first-order valence-electron chi connectivity index (χ1n) is 12.4. The van der Waals surface area contributed by atoms with E-state index in [0.29, 0.717) is 31.1 Å². The zero-order valence-corrected chi connectivity index (χ0v) is 22.5. The number of piperazine rings is 1. The highest BCUT2D eigenvalue weighted by atomic mass is 32.2. The number of benzene rings is 1. The number of halogens is 6. The molecule has 0 bridgehead atoms. The molecule has 40 heavy (non-hydrogen) atoms. The number of nitrogens with one attached hydrogen (secondary N) is 1. The normalized spacial score (nSPS) is 14.6. The van der Waals surface area contributed by atoms with Crippen LogP contribution in [0.4, 0.5) is 37.8 Å². The van der Waals surface area contributed by atoms with Crippen LogP contribution < -0.4 is 15.1 Å². The lowest BCUT2D eigenvalue weighted by atomic mass is 10.1. The highest BCUT2D eigenvalue weighted by Crippen LogP contribution is 2.34. The SMILES string of the molecule is CC(C)CNC(=O)c1ccc(CSc2nc(N3CCN(c4cccc(C(F)(F)F)c4)CC3)cc(C(F)(F)F)n2)o1. The number of nitrogens with zero attached hydrogens (tertiary/aromatic N) is 4. The summed E-state index contributed by atoms with van der Waals surface area (Å²) >= 11 is 0.935. The Balaban J connectivity index is 1.44. The van der Waals surface area contributed by atoms with Gasteiger partial charge in [0.1, 0.15) is 11.6 Å². The maximum Gasteiger partial charge on any atom is 0.433 e. The molecule has 0 spiro atoms. The van der Waals surface area contributed by atoms with Gasteiger partial charge >= 0.3 is 12.4 Å². The monoisotopic (exact) mass is 587 g/mol. The van der Waals surface area contributed by atoms with Gasteiger partial charge in [0, 0.05) is 44.5 Å². The van der Waals surface area contributed by atoms with Crippen molar-refractivity contribution in [3.05, 3.63) is 65.2 Å². The van der Waals surface area contributed by atoms with Gasteiger partial charge in [-0.15, -0.1) is 0 Å². The van der Waals surface area contributed by atoms with Crippen LogP contribution in [0.3, 0.4) is 0 Å². The average Bonchev–Trinajstić information content (AvgIpc) is 3.39. The molecule has 1 aliphatic rings. The number of hydrogen-bond donors (Lipinski definition) is 1. The quantitative estimate of drug-likeness (QED) is 0.194. The number of aromatic nitrogens is 2. The third-order valence-corrected chi connectivity index (χ3v) is 6.89. The van der Waals surface area contributed by atoms with Crippen molar-refractivity contribution in [3.63, 3.8) is 0 Å². The van der Waals surface area contributed by atoms with Crippen molar-refractivity contribution in [2.75, 3.05) is 42.5 Å². The lowest BCUT2D eigenvalue weighted by Crippen LogP contribution is -2.47. The molecule has 1 N–H and O–H groups in total. The van der Waals surface area contributed by atoms with Crippen LogP contribution in [0.2, 0.25) is 0 Å². The van der Waals surface area contributed by atoms with E-state index in [9.17, 15) is 31.1 Å². The van der Waals surface area contributed by atoms with Crippen molar-refractivity contribution < 1.29 is 35.6 Å². The van der Waals surface area contributed by atoms with Crippen molar-refractivity contribution in [1.29, 1.82) is 0 Å². The summed E-state index contributed by atoms with van der Waals surface area (Å²) in [7, 11) is 0. The standard InChI is InChI=1S/C26H27F6N5O2S/c1-16(2)14-33-23(38)20-7-6-19(39-20)15-40-24-34-21(26(30,31)32)13-22(35-24)37-10-8-36(9-11-37)18-5-3-4-17(12-18)25(27,28)29/h3-7,12-13,16H,8-11,14-15H2,1-2H3,(H,33,38). The van der Waals surface area contributed by atoms with E-state index >= 15 is 0 Å². The van der Waals surface area contributed by atoms with Gasteiger partial charge in [0.25, 0.3) is 5.91 Å². The minimum Gasteiger partial charge on any atom is -0.455 e. The van der Waals surface area contributed by atoms with Crippen molar-refractivity contribution in [3.8, 4) is 0 Å². The molecular formula is C26H27F6N5O2S. The van der Waals surface area contributed by atoms with Crippen molar-refractivity contribution in [2.24, 2.45) is 5.92 Å². The van der Waals surface area contributed by atoms with Crippen LogP contribution in [-0.4, -0.2) is 48.6 Å². The van der Waals surface area contributed by atoms with Gasteiger partial charge in [0.05, 0.1) is 11.3 Å². The molecule has 216 valence electrons. The number of hydrogen-bond acceptors (Lipinski definition) is 7. The molecule has 1 aromatic carbocycles. The lowest BCUT2D eigenvalue weighted by Gasteiger charge is -2.37. The molecule has 14 heteroatoms. The first kappa shape index (κ1) is 29.6. The number of rotatable bonds is 8. The van der Waals surface area contributed by atoms with Crippen LogP contribution in [-0.2, 0) is 18.1 Å². The molecule has 0 saturated carbocycles. The fourth-order valence-corrected chi connectivity index (χ4v) is 4.70. The second-order valence-corrected chi connectivity index (χ2v) is 10.5. The molecule has 3 heterocycles. The van der Waals surface area contributed by atoms with Gasteiger partial charge in [0.2, 0.25) is 0 Å². The Morgan fingerprint density at radius 1 is 0.975 bits per heavy atom. The number of furan rings is 1. The van der Waals surface area contributed by atoms with E-state index in [2.05, 4.69) is 15.3 Å². The van der Waals surface area contributed by atoms with Crippen LogP contribution in [0.1, 0.15) is 41.4 Å². The van der Waals surface area contributed by atoms with Gasteiger partial charge in [0.15, 0.2) is 16.6 Å². The fraction of sp³-hybridized carbons (Fsp3) is 0.423. The molecular weight excluding hydrogens is 560 g/mol. The largest absolute Gasteiger partial charge is 0.455 e. The Kier molecular flexibility index (Phi) is 8.86. The number of thioether (sulfide) groups is 1. The molecule has 3 aromatic rings. The summed E-state index contributed by atoms with van der Waals surface area (Å²) in [5.74, 6) is 0.512. The molecule has 0 atom stereocenters. The number of anilines is 2. The maximum absolute atomic E-state index is 13.6. The van der Waals surface area contributed by atoms with Crippen molar-refractivity contribution in [2.45, 2.75) is 37.1 Å². The van der Waals surface area contributed by atoms with Crippen molar-refractivity contribution >= 4 is 29.2 Å². The number of alkyl halides is 6. The minimum absolute atomic E-state index is 0.0710. The number of carbonyl (C=O) groups is 1. The summed E-state index contributed by atoms with van der Waals surface area (Å²) in [5, 5.41) is 2.61. The van der Waals surface area contributed by atoms with Gasteiger partial charge < -0.3 is 19.5 Å². The topological polar surface area (TPSA) is 74.5 Å². The Morgan fingerprint density at radius 2 is 1.68 bits per heavy atom. The van der Waals surface area contributed by atoms with Gasteiger partial charge in [-0.25, -0.2) is 9.97 Å². The molecule has 1 saturated heterocycles. The molecule has 1 fully saturated rings. The van der Waals surface area contributed by atoms with E-state index in [1.165, 1.54) is 12.1 Å². The van der Waals surface area contributed by atoms with E-state index in [-0.39, 0.29) is 47.4 Å². The van der Waals surface area contributed by atoms with Crippen LogP contribution in [0.5, 0.6) is 0 Å². The number of carbonyl (C=O) groups excluding carboxylic acids is 1. The zero-order valence-electron chi connectivity index (χ0n) is 21.6. The summed E-state index contributed by atoms with van der Waals surface area (Å²) in [6, 6.07) is 8.88. The van der Waals surface area contributed by atoms with Gasteiger partial charge in [-0.2, -0.15) is 26.3 Å². The third-order valence-electron chi connectivity index (χ3n) is 6.02. The fourth-order valence-electron chi connectivity index (χ4n) is 3.95. The second-order valence-electron chi connectivity index (χ2n) is 9.57. The van der Waals surface area contributed by atoms with Crippen LogP contribution in [0.25, 0.3) is 0 Å². The molecule has 0 unspecified atom stereocenters. The van der Waals surface area contributed by atoms with E-state index in [1.54, 1.807) is 21.9 Å². The molecule has 4 rings (SSSR count). The Morgan fingerprint density at radius 3 is 2.33 bits per heavy atom. The highest BCUT2D eigenvalue weighted by Gasteiger charge is 2.35. The van der Waals surface area contributed by atoms with Crippen LogP contribution in [0.15, 0.2) is 52.0 Å². The minimum atomic E-state index is -4.71. The van der Waals surface area contributed by atoms with Crippen LogP contribution >= 0.6 is 11.8 Å². The van der Waals surface area contributed by atoms with E-state index in [0.717, 1.165) is 30.0 Å². The predicted molar refractivity (Wildman–Crippen MR) is 138 cm³/mol. The molecule has 7 nitrogen and oxygen atoms in total. The van der Waals surface area contributed by atoms with Gasteiger partial charge in [-0.05, 0) is 36.2 Å². The molecule has 0 radical (unpaired) electrons. The summed E-state index contributed by atoms with van der Waals surface area (Å²) in [4.78, 5) is 23.5. The van der Waals surface area contributed by atoms with E-state index < -0.39 is 23.6 Å². The predicted octanol–water partition coefficient (Wildman–Crippen LogP) is 6.11. The van der Waals surface area contributed by atoms with E-state index in [1.807, 2.05) is 13.8 Å². The second kappa shape index (κ2) is 12.0. The first-order chi connectivity index (χ1) is 18.8. The smallest absolute Gasteiger partial charge is 0.433 e. The summed E-state index contributed by atoms with van der Waals surface area (Å²) in [5.41, 5.74) is -1.48. The van der Waals surface area contributed by atoms with Gasteiger partial charge in [-0.1, -0.05) is 31.7 Å². The lowest BCUT2D eigenvalue weighted by molar-refractivity contribution is -0.141.